The van der Waals surface area contributed by atoms with E-state index in [4.69, 9.17) is 16.3 Å². The fourth-order valence-corrected chi connectivity index (χ4v) is 5.16. The highest BCUT2D eigenvalue weighted by molar-refractivity contribution is 7.89. The standard InChI is InChI=1S/C21H24ClN3O5S/c1-13-11-25(12-14(2)30-13)31(28,29)18-7-4-16(5-8-18)21(27)24-20-9-6-17(10-19(20)22)23-15(3)26/h4-10,13-14H,11-12H2,1-3H3,(H,23,26)(H,24,27). The molecule has 3 rings (SSSR count). The lowest BCUT2D eigenvalue weighted by atomic mass is 10.2. The number of nitrogens with one attached hydrogen (secondary N) is 2. The Kier molecular flexibility index (Phi) is 7.00. The van der Waals surface area contributed by atoms with Crippen molar-refractivity contribution in [3.8, 4) is 0 Å². The normalized spacial score (nSPS) is 19.6. The summed E-state index contributed by atoms with van der Waals surface area (Å²) in [6, 6.07) is 10.4. The molecule has 2 amide bonds. The lowest BCUT2D eigenvalue weighted by molar-refractivity contribution is -0.114. The second-order valence-corrected chi connectivity index (χ2v) is 9.78. The quantitative estimate of drug-likeness (QED) is 0.704. The number of hydrogen-bond donors (Lipinski definition) is 2. The Labute approximate surface area is 186 Å². The van der Waals surface area contributed by atoms with Crippen molar-refractivity contribution >= 4 is 44.8 Å². The molecule has 0 aliphatic carbocycles. The van der Waals surface area contributed by atoms with E-state index in [0.717, 1.165) is 0 Å². The van der Waals surface area contributed by atoms with E-state index in [2.05, 4.69) is 10.6 Å². The summed E-state index contributed by atoms with van der Waals surface area (Å²) in [6.45, 7) is 5.61. The van der Waals surface area contributed by atoms with Crippen LogP contribution in [-0.4, -0.2) is 49.8 Å². The van der Waals surface area contributed by atoms with E-state index >= 15 is 0 Å². The van der Waals surface area contributed by atoms with E-state index in [1.54, 1.807) is 12.1 Å². The largest absolute Gasteiger partial charge is 0.373 e. The molecule has 0 bridgehead atoms. The first-order chi connectivity index (χ1) is 14.6. The van der Waals surface area contributed by atoms with Gasteiger partial charge in [-0.25, -0.2) is 8.42 Å². The summed E-state index contributed by atoms with van der Waals surface area (Å²) < 4.78 is 32.9. The fourth-order valence-electron chi connectivity index (χ4n) is 3.35. The van der Waals surface area contributed by atoms with Gasteiger partial charge in [-0.1, -0.05) is 11.6 Å². The SMILES string of the molecule is CC(=O)Nc1ccc(NC(=O)c2ccc(S(=O)(=O)N3CC(C)OC(C)C3)cc2)c(Cl)c1. The molecule has 1 fully saturated rings. The Bertz CT molecular complexity index is 1080. The number of benzene rings is 2. The number of anilines is 2. The van der Waals surface area contributed by atoms with Gasteiger partial charge in [-0.3, -0.25) is 9.59 Å². The van der Waals surface area contributed by atoms with Gasteiger partial charge in [-0.05, 0) is 56.3 Å². The molecule has 2 aromatic rings. The van der Waals surface area contributed by atoms with Gasteiger partial charge in [0.05, 0.1) is 27.8 Å². The third-order valence-corrected chi connectivity index (χ3v) is 6.84. The van der Waals surface area contributed by atoms with Crippen molar-refractivity contribution in [3.63, 3.8) is 0 Å². The summed E-state index contributed by atoms with van der Waals surface area (Å²) in [5.74, 6) is -0.671. The van der Waals surface area contributed by atoms with Gasteiger partial charge in [0, 0.05) is 31.3 Å². The molecule has 2 unspecified atom stereocenters. The summed E-state index contributed by atoms with van der Waals surface area (Å²) in [6.07, 6.45) is -0.379. The zero-order valence-corrected chi connectivity index (χ0v) is 19.0. The average molecular weight is 466 g/mol. The van der Waals surface area contributed by atoms with Crippen LogP contribution in [0.2, 0.25) is 5.02 Å². The van der Waals surface area contributed by atoms with E-state index in [9.17, 15) is 18.0 Å². The van der Waals surface area contributed by atoms with Gasteiger partial charge < -0.3 is 15.4 Å². The maximum atomic E-state index is 12.9. The molecular weight excluding hydrogens is 442 g/mol. The van der Waals surface area contributed by atoms with Gasteiger partial charge in [-0.2, -0.15) is 4.31 Å². The third-order valence-electron chi connectivity index (χ3n) is 4.68. The number of nitrogens with zero attached hydrogens (tertiary/aromatic N) is 1. The first-order valence-electron chi connectivity index (χ1n) is 9.70. The van der Waals surface area contributed by atoms with Crippen LogP contribution in [0.1, 0.15) is 31.1 Å². The molecule has 31 heavy (non-hydrogen) atoms. The molecule has 1 aliphatic rings. The number of ether oxygens (including phenoxy) is 1. The number of amides is 2. The molecule has 0 radical (unpaired) electrons. The molecule has 1 aliphatic heterocycles. The molecule has 166 valence electrons. The average Bonchev–Trinajstić information content (AvgIpc) is 2.69. The zero-order chi connectivity index (χ0) is 22.8. The first kappa shape index (κ1) is 23.2. The number of halogens is 1. The monoisotopic (exact) mass is 465 g/mol. The minimum Gasteiger partial charge on any atom is -0.373 e. The second-order valence-electron chi connectivity index (χ2n) is 7.43. The minimum absolute atomic E-state index is 0.114. The number of sulfonamides is 1. The first-order valence-corrected chi connectivity index (χ1v) is 11.5. The van der Waals surface area contributed by atoms with Crippen molar-refractivity contribution in [2.45, 2.75) is 37.9 Å². The predicted octanol–water partition coefficient (Wildman–Crippen LogP) is 3.35. The van der Waals surface area contributed by atoms with Crippen LogP contribution < -0.4 is 10.6 Å². The molecular formula is C21H24ClN3O5S. The summed E-state index contributed by atoms with van der Waals surface area (Å²) in [4.78, 5) is 23.8. The third kappa shape index (κ3) is 5.62. The Morgan fingerprint density at radius 3 is 2.19 bits per heavy atom. The summed E-state index contributed by atoms with van der Waals surface area (Å²) >= 11 is 6.18. The van der Waals surface area contributed by atoms with Crippen molar-refractivity contribution in [2.75, 3.05) is 23.7 Å². The molecule has 0 aromatic heterocycles. The van der Waals surface area contributed by atoms with Gasteiger partial charge in [-0.15, -0.1) is 0 Å². The number of carbonyl (C=O) groups excluding carboxylic acids is 2. The number of hydrogen-bond acceptors (Lipinski definition) is 5. The van der Waals surface area contributed by atoms with E-state index in [1.165, 1.54) is 41.6 Å². The maximum Gasteiger partial charge on any atom is 0.255 e. The molecule has 2 aromatic carbocycles. The lowest BCUT2D eigenvalue weighted by Gasteiger charge is -2.34. The van der Waals surface area contributed by atoms with Crippen LogP contribution in [0.15, 0.2) is 47.4 Å². The van der Waals surface area contributed by atoms with Crippen LogP contribution in [0.4, 0.5) is 11.4 Å². The minimum atomic E-state index is -3.68. The molecule has 1 heterocycles. The molecule has 0 spiro atoms. The second kappa shape index (κ2) is 9.35. The van der Waals surface area contributed by atoms with E-state index < -0.39 is 15.9 Å². The highest BCUT2D eigenvalue weighted by Crippen LogP contribution is 2.26. The molecule has 1 saturated heterocycles. The van der Waals surface area contributed by atoms with Crippen LogP contribution in [0.5, 0.6) is 0 Å². The van der Waals surface area contributed by atoms with Gasteiger partial charge in [0.25, 0.3) is 5.91 Å². The Balaban J connectivity index is 1.72. The van der Waals surface area contributed by atoms with Crippen molar-refractivity contribution in [3.05, 3.63) is 53.1 Å². The van der Waals surface area contributed by atoms with Crippen LogP contribution in [0.25, 0.3) is 0 Å². The molecule has 2 atom stereocenters. The smallest absolute Gasteiger partial charge is 0.255 e. The Morgan fingerprint density at radius 1 is 1.03 bits per heavy atom. The molecule has 10 heteroatoms. The van der Waals surface area contributed by atoms with Crippen molar-refractivity contribution in [1.29, 1.82) is 0 Å². The highest BCUT2D eigenvalue weighted by atomic mass is 35.5. The van der Waals surface area contributed by atoms with Gasteiger partial charge in [0.15, 0.2) is 0 Å². The van der Waals surface area contributed by atoms with Gasteiger partial charge in [0.1, 0.15) is 0 Å². The van der Waals surface area contributed by atoms with Crippen LogP contribution in [0.3, 0.4) is 0 Å². The van der Waals surface area contributed by atoms with Crippen LogP contribution in [0, 0.1) is 0 Å². The predicted molar refractivity (Wildman–Crippen MR) is 119 cm³/mol. The number of carbonyl (C=O) groups is 2. The van der Waals surface area contributed by atoms with Crippen molar-refractivity contribution in [2.24, 2.45) is 0 Å². The van der Waals surface area contributed by atoms with E-state index in [1.807, 2.05) is 13.8 Å². The molecule has 0 saturated carbocycles. The van der Waals surface area contributed by atoms with Crippen LogP contribution >= 0.6 is 11.6 Å². The highest BCUT2D eigenvalue weighted by Gasteiger charge is 2.32. The van der Waals surface area contributed by atoms with Crippen molar-refractivity contribution < 1.29 is 22.7 Å². The summed E-state index contributed by atoms with van der Waals surface area (Å²) in [5, 5.41) is 5.54. The molecule has 2 N–H and O–H groups in total. The number of morpholine rings is 1. The van der Waals surface area contributed by atoms with Gasteiger partial charge in [0.2, 0.25) is 15.9 Å². The van der Waals surface area contributed by atoms with E-state index in [-0.39, 0.29) is 46.7 Å². The fraction of sp³-hybridized carbons (Fsp3) is 0.333. The summed E-state index contributed by atoms with van der Waals surface area (Å²) in [5.41, 5.74) is 1.16. The Morgan fingerprint density at radius 2 is 1.65 bits per heavy atom. The van der Waals surface area contributed by atoms with Gasteiger partial charge >= 0.3 is 0 Å². The lowest BCUT2D eigenvalue weighted by Crippen LogP contribution is -2.48. The van der Waals surface area contributed by atoms with Crippen LogP contribution in [-0.2, 0) is 19.6 Å². The zero-order valence-electron chi connectivity index (χ0n) is 17.4. The van der Waals surface area contributed by atoms with Crippen molar-refractivity contribution in [1.82, 2.24) is 4.31 Å². The molecule has 8 nitrogen and oxygen atoms in total. The van der Waals surface area contributed by atoms with E-state index in [0.29, 0.717) is 11.4 Å². The Hall–Kier alpha value is -2.46. The topological polar surface area (TPSA) is 105 Å². The summed E-state index contributed by atoms with van der Waals surface area (Å²) in [7, 11) is -3.68. The number of rotatable bonds is 5. The maximum absolute atomic E-state index is 12.9.